The summed E-state index contributed by atoms with van der Waals surface area (Å²) in [4.78, 5) is 0. The smallest absolute Gasteiger partial charge is 0.174 e. The zero-order valence-corrected chi connectivity index (χ0v) is 10.3. The lowest BCUT2D eigenvalue weighted by molar-refractivity contribution is 0.368. The molecular formula is C15H14N2O2. The Morgan fingerprint density at radius 2 is 1.95 bits per heavy atom. The molecule has 19 heavy (non-hydrogen) atoms. The third kappa shape index (κ3) is 3.93. The van der Waals surface area contributed by atoms with Gasteiger partial charge >= 0.3 is 0 Å². The minimum Gasteiger partial charge on any atom is -0.508 e. The molecule has 4 heteroatoms. The number of phenols is 1. The predicted octanol–water partition coefficient (Wildman–Crippen LogP) is 2.91. The molecule has 0 heterocycles. The average Bonchev–Trinajstić information content (AvgIpc) is 2.44. The minimum atomic E-state index is 0.0517. The number of benzene rings is 2. The van der Waals surface area contributed by atoms with Gasteiger partial charge in [-0.2, -0.15) is 5.26 Å². The number of nitrogens with one attached hydrogen (secondary N) is 1. The fourth-order valence-electron chi connectivity index (χ4n) is 1.66. The molecule has 0 aromatic heterocycles. The van der Waals surface area contributed by atoms with Crippen LogP contribution in [0.25, 0.3) is 0 Å². The van der Waals surface area contributed by atoms with Crippen LogP contribution in [0.5, 0.6) is 11.5 Å². The summed E-state index contributed by atoms with van der Waals surface area (Å²) >= 11 is 0. The molecule has 96 valence electrons. The summed E-state index contributed by atoms with van der Waals surface area (Å²) in [5.74, 6) is 0.934. The van der Waals surface area contributed by atoms with Crippen LogP contribution in [0.15, 0.2) is 48.5 Å². The first-order valence-electron chi connectivity index (χ1n) is 5.89. The topological polar surface area (TPSA) is 65.3 Å². The highest BCUT2D eigenvalue weighted by Crippen LogP contribution is 2.17. The van der Waals surface area contributed by atoms with Gasteiger partial charge in [0, 0.05) is 12.2 Å². The number of ether oxygens (including phenoxy) is 1. The fourth-order valence-corrected chi connectivity index (χ4v) is 1.66. The van der Waals surface area contributed by atoms with Crippen molar-refractivity contribution >= 4 is 5.69 Å². The van der Waals surface area contributed by atoms with Gasteiger partial charge in [0.25, 0.3) is 0 Å². The van der Waals surface area contributed by atoms with Gasteiger partial charge in [0.1, 0.15) is 17.6 Å². The quantitative estimate of drug-likeness (QED) is 0.861. The van der Waals surface area contributed by atoms with Gasteiger partial charge in [0.05, 0.1) is 0 Å². The molecule has 0 atom stereocenters. The van der Waals surface area contributed by atoms with Crippen LogP contribution in [0, 0.1) is 11.3 Å². The number of phenolic OH excluding ortho intramolecular Hbond substituents is 1. The van der Waals surface area contributed by atoms with Gasteiger partial charge < -0.3 is 15.2 Å². The lowest BCUT2D eigenvalue weighted by Crippen LogP contribution is -1.99. The van der Waals surface area contributed by atoms with Gasteiger partial charge in [0.2, 0.25) is 0 Å². The van der Waals surface area contributed by atoms with Crippen LogP contribution in [0.1, 0.15) is 5.56 Å². The Morgan fingerprint density at radius 1 is 1.16 bits per heavy atom. The number of nitriles is 1. The van der Waals surface area contributed by atoms with E-state index in [1.807, 2.05) is 42.5 Å². The summed E-state index contributed by atoms with van der Waals surface area (Å²) in [5.41, 5.74) is 1.96. The van der Waals surface area contributed by atoms with Gasteiger partial charge in [-0.05, 0) is 42.0 Å². The molecule has 0 bridgehead atoms. The molecule has 0 spiro atoms. The van der Waals surface area contributed by atoms with Crippen LogP contribution >= 0.6 is 0 Å². The van der Waals surface area contributed by atoms with Crippen LogP contribution in [0.3, 0.4) is 0 Å². The number of hydrogen-bond acceptors (Lipinski definition) is 4. The second-order valence-corrected chi connectivity index (χ2v) is 3.99. The van der Waals surface area contributed by atoms with Gasteiger partial charge in [-0.15, -0.1) is 0 Å². The Kier molecular flexibility index (Phi) is 4.25. The first kappa shape index (κ1) is 12.8. The second kappa shape index (κ2) is 6.31. The molecule has 0 aliphatic carbocycles. The minimum absolute atomic E-state index is 0.0517. The van der Waals surface area contributed by atoms with E-state index in [4.69, 9.17) is 10.00 Å². The molecule has 0 saturated heterocycles. The third-order valence-electron chi connectivity index (χ3n) is 2.56. The highest BCUT2D eigenvalue weighted by atomic mass is 16.5. The number of rotatable bonds is 5. The Morgan fingerprint density at radius 3 is 2.63 bits per heavy atom. The maximum atomic E-state index is 9.36. The first-order valence-corrected chi connectivity index (χ1v) is 5.89. The van der Waals surface area contributed by atoms with E-state index in [1.54, 1.807) is 12.1 Å². The normalized spacial score (nSPS) is 9.63. The molecule has 4 nitrogen and oxygen atoms in total. The number of aromatic hydroxyl groups is 1. The second-order valence-electron chi connectivity index (χ2n) is 3.99. The molecule has 0 amide bonds. The van der Waals surface area contributed by atoms with E-state index < -0.39 is 0 Å². The molecule has 2 aromatic carbocycles. The van der Waals surface area contributed by atoms with Crippen molar-refractivity contribution in [1.29, 1.82) is 5.26 Å². The van der Waals surface area contributed by atoms with Crippen LogP contribution in [0.2, 0.25) is 0 Å². The van der Waals surface area contributed by atoms with Crippen molar-refractivity contribution in [3.05, 3.63) is 54.1 Å². The van der Waals surface area contributed by atoms with Crippen LogP contribution in [0.4, 0.5) is 5.69 Å². The van der Waals surface area contributed by atoms with Crippen LogP contribution < -0.4 is 10.1 Å². The van der Waals surface area contributed by atoms with E-state index in [0.29, 0.717) is 12.3 Å². The molecule has 2 N–H and O–H groups in total. The fraction of sp³-hybridized carbons (Fsp3) is 0.133. The van der Waals surface area contributed by atoms with Gasteiger partial charge in [-0.25, -0.2) is 0 Å². The van der Waals surface area contributed by atoms with Crippen LogP contribution in [-0.2, 0) is 6.54 Å². The number of hydrogen-bond donors (Lipinski definition) is 2. The Hall–Kier alpha value is -2.67. The summed E-state index contributed by atoms with van der Waals surface area (Å²) in [6.45, 7) is 0.683. The largest absolute Gasteiger partial charge is 0.508 e. The van der Waals surface area contributed by atoms with Crippen molar-refractivity contribution in [3.8, 4) is 17.6 Å². The van der Waals surface area contributed by atoms with Crippen molar-refractivity contribution in [2.45, 2.75) is 6.54 Å². The van der Waals surface area contributed by atoms with E-state index in [2.05, 4.69) is 5.32 Å². The maximum Gasteiger partial charge on any atom is 0.174 e. The summed E-state index contributed by atoms with van der Waals surface area (Å²) in [7, 11) is 0. The van der Waals surface area contributed by atoms with E-state index in [9.17, 15) is 5.11 Å². The first-order chi connectivity index (χ1) is 9.28. The molecule has 0 radical (unpaired) electrons. The van der Waals surface area contributed by atoms with Crippen molar-refractivity contribution < 1.29 is 9.84 Å². The molecule has 0 saturated carbocycles. The van der Waals surface area contributed by atoms with E-state index in [0.717, 1.165) is 11.3 Å². The monoisotopic (exact) mass is 254 g/mol. The summed E-state index contributed by atoms with van der Waals surface area (Å²) in [6, 6.07) is 16.4. The predicted molar refractivity (Wildman–Crippen MR) is 73.0 cm³/mol. The van der Waals surface area contributed by atoms with E-state index in [-0.39, 0.29) is 12.4 Å². The summed E-state index contributed by atoms with van der Waals surface area (Å²) in [5, 5.41) is 21.0. The molecule has 0 aliphatic rings. The third-order valence-corrected chi connectivity index (χ3v) is 2.56. The molecule has 2 aromatic rings. The lowest BCUT2D eigenvalue weighted by Gasteiger charge is -2.08. The zero-order chi connectivity index (χ0) is 13.5. The highest BCUT2D eigenvalue weighted by molar-refractivity contribution is 5.47. The molecule has 0 fully saturated rings. The maximum absolute atomic E-state index is 9.36. The SMILES string of the molecule is N#CCOc1ccc(NCc2cccc(O)c2)cc1. The van der Waals surface area contributed by atoms with Gasteiger partial charge in [0.15, 0.2) is 6.61 Å². The zero-order valence-electron chi connectivity index (χ0n) is 10.3. The summed E-state index contributed by atoms with van der Waals surface area (Å²) < 4.78 is 5.17. The molecule has 0 unspecified atom stereocenters. The van der Waals surface area contributed by atoms with Crippen molar-refractivity contribution in [3.63, 3.8) is 0 Å². The molecular weight excluding hydrogens is 240 g/mol. The van der Waals surface area contributed by atoms with E-state index in [1.165, 1.54) is 0 Å². The number of anilines is 1. The number of nitrogens with zero attached hydrogens (tertiary/aromatic N) is 1. The highest BCUT2D eigenvalue weighted by Gasteiger charge is 1.97. The van der Waals surface area contributed by atoms with Gasteiger partial charge in [-0.3, -0.25) is 0 Å². The molecule has 2 rings (SSSR count). The Bertz CT molecular complexity index is 573. The summed E-state index contributed by atoms with van der Waals surface area (Å²) in [6.07, 6.45) is 0. The standard InChI is InChI=1S/C15H14N2O2/c16-8-9-19-15-6-4-13(5-7-15)17-11-12-2-1-3-14(18)10-12/h1-7,10,17-18H,9,11H2. The van der Waals surface area contributed by atoms with Crippen molar-refractivity contribution in [2.75, 3.05) is 11.9 Å². The van der Waals surface area contributed by atoms with Crippen molar-refractivity contribution in [2.24, 2.45) is 0 Å². The van der Waals surface area contributed by atoms with E-state index >= 15 is 0 Å². The lowest BCUT2D eigenvalue weighted by atomic mass is 10.2. The van der Waals surface area contributed by atoms with Gasteiger partial charge in [-0.1, -0.05) is 12.1 Å². The molecule has 0 aliphatic heterocycles. The Balaban J connectivity index is 1.91. The Labute approximate surface area is 111 Å². The average molecular weight is 254 g/mol. The van der Waals surface area contributed by atoms with Crippen LogP contribution in [-0.4, -0.2) is 11.7 Å². The van der Waals surface area contributed by atoms with Crippen molar-refractivity contribution in [1.82, 2.24) is 0 Å².